The van der Waals surface area contributed by atoms with Gasteiger partial charge in [0.15, 0.2) is 0 Å². The number of hydrogen-bond donors (Lipinski definition) is 1. The van der Waals surface area contributed by atoms with Gasteiger partial charge in [-0.05, 0) is 30.2 Å². The van der Waals surface area contributed by atoms with Crippen LogP contribution in [0.1, 0.15) is 30.8 Å². The highest BCUT2D eigenvalue weighted by molar-refractivity contribution is 5.75. The number of benzene rings is 1. The second-order valence-electron chi connectivity index (χ2n) is 5.15. The van der Waals surface area contributed by atoms with E-state index in [0.29, 0.717) is 6.42 Å². The number of nitrogens with two attached hydrogens (primary N) is 1. The molecule has 0 bridgehead atoms. The Hall–Kier alpha value is -2.27. The lowest BCUT2D eigenvalue weighted by Gasteiger charge is -2.13. The van der Waals surface area contributed by atoms with Crippen molar-refractivity contribution >= 4 is 11.0 Å². The third-order valence-electron chi connectivity index (χ3n) is 3.62. The summed E-state index contributed by atoms with van der Waals surface area (Å²) in [5, 5.41) is 7.68. The predicted octanol–water partition coefficient (Wildman–Crippen LogP) is 2.48. The Balaban J connectivity index is 1.94. The molecular weight excluding hydrogens is 262 g/mol. The quantitative estimate of drug-likeness (QED) is 0.780. The van der Waals surface area contributed by atoms with Crippen LogP contribution in [0.25, 0.3) is 11.0 Å². The number of rotatable bonds is 5. The first-order valence-electron chi connectivity index (χ1n) is 7.26. The summed E-state index contributed by atoms with van der Waals surface area (Å²) in [6.07, 6.45) is 5.15. The lowest BCUT2D eigenvalue weighted by atomic mass is 10.1. The molecule has 1 atom stereocenters. The maximum Gasteiger partial charge on any atom is 0.111 e. The second-order valence-corrected chi connectivity index (χ2v) is 5.15. The molecule has 21 heavy (non-hydrogen) atoms. The van der Waals surface area contributed by atoms with E-state index >= 15 is 0 Å². The van der Waals surface area contributed by atoms with Gasteiger partial charge in [-0.15, -0.1) is 0 Å². The van der Waals surface area contributed by atoms with Crippen molar-refractivity contribution in [2.75, 3.05) is 0 Å². The fourth-order valence-corrected chi connectivity index (χ4v) is 2.59. The maximum absolute atomic E-state index is 6.29. The van der Waals surface area contributed by atoms with Crippen LogP contribution in [0.15, 0.2) is 42.7 Å². The van der Waals surface area contributed by atoms with E-state index in [9.17, 15) is 0 Å². The zero-order valence-corrected chi connectivity index (χ0v) is 12.1. The summed E-state index contributed by atoms with van der Waals surface area (Å²) in [4.78, 5) is 4.74. The molecule has 108 valence electrons. The summed E-state index contributed by atoms with van der Waals surface area (Å²) in [6.45, 7) is 3.13. The van der Waals surface area contributed by atoms with E-state index in [1.807, 2.05) is 24.3 Å². The molecule has 0 saturated heterocycles. The maximum atomic E-state index is 6.29. The summed E-state index contributed by atoms with van der Waals surface area (Å²) >= 11 is 0. The molecular formula is C16H19N5. The van der Waals surface area contributed by atoms with Crippen molar-refractivity contribution in [2.24, 2.45) is 5.73 Å². The van der Waals surface area contributed by atoms with E-state index in [2.05, 4.69) is 27.8 Å². The van der Waals surface area contributed by atoms with Gasteiger partial charge in [-0.2, -0.15) is 10.2 Å². The molecule has 0 aliphatic rings. The van der Waals surface area contributed by atoms with Crippen LogP contribution in [0.3, 0.4) is 0 Å². The van der Waals surface area contributed by atoms with E-state index in [1.165, 1.54) is 5.52 Å². The molecule has 2 heterocycles. The minimum Gasteiger partial charge on any atom is -0.328 e. The van der Waals surface area contributed by atoms with Gasteiger partial charge in [-0.25, -0.2) is 4.98 Å². The van der Waals surface area contributed by atoms with E-state index < -0.39 is 0 Å². The van der Waals surface area contributed by atoms with Gasteiger partial charge in [0.2, 0.25) is 0 Å². The third-order valence-corrected chi connectivity index (χ3v) is 3.62. The first-order chi connectivity index (χ1) is 10.3. The Morgan fingerprint density at radius 3 is 2.81 bits per heavy atom. The standard InChI is InChI=1S/C16H19N5/c1-2-9-21-15-6-4-3-5-14(15)20-16(21)10-13(17)12-7-8-18-19-11-12/h3-8,11,13H,2,9-10,17H2,1H3. The molecule has 1 unspecified atom stereocenters. The summed E-state index contributed by atoms with van der Waals surface area (Å²) in [5.41, 5.74) is 9.48. The summed E-state index contributed by atoms with van der Waals surface area (Å²) < 4.78 is 2.27. The molecule has 0 aliphatic heterocycles. The molecule has 1 aromatic carbocycles. The Kier molecular flexibility index (Phi) is 3.92. The molecule has 0 amide bonds. The van der Waals surface area contributed by atoms with E-state index in [1.54, 1.807) is 12.4 Å². The summed E-state index contributed by atoms with van der Waals surface area (Å²) in [7, 11) is 0. The van der Waals surface area contributed by atoms with Crippen molar-refractivity contribution in [3.63, 3.8) is 0 Å². The monoisotopic (exact) mass is 281 g/mol. The number of aryl methyl sites for hydroxylation is 1. The van der Waals surface area contributed by atoms with Crippen LogP contribution in [0.2, 0.25) is 0 Å². The number of imidazole rings is 1. The van der Waals surface area contributed by atoms with Crippen LogP contribution in [-0.2, 0) is 13.0 Å². The Labute approximate surface area is 123 Å². The van der Waals surface area contributed by atoms with Gasteiger partial charge in [0, 0.05) is 25.2 Å². The highest BCUT2D eigenvalue weighted by atomic mass is 15.1. The number of fused-ring (bicyclic) bond motifs is 1. The van der Waals surface area contributed by atoms with Gasteiger partial charge in [-0.1, -0.05) is 19.1 Å². The largest absolute Gasteiger partial charge is 0.328 e. The van der Waals surface area contributed by atoms with Gasteiger partial charge in [0.1, 0.15) is 5.82 Å². The highest BCUT2D eigenvalue weighted by Gasteiger charge is 2.14. The molecule has 0 spiro atoms. The summed E-state index contributed by atoms with van der Waals surface area (Å²) in [5.74, 6) is 1.03. The van der Waals surface area contributed by atoms with Crippen molar-refractivity contribution in [3.8, 4) is 0 Å². The zero-order chi connectivity index (χ0) is 14.7. The van der Waals surface area contributed by atoms with Crippen LogP contribution < -0.4 is 5.73 Å². The Morgan fingerprint density at radius 2 is 2.05 bits per heavy atom. The molecule has 3 aromatic rings. The molecule has 0 saturated carbocycles. The van der Waals surface area contributed by atoms with Gasteiger partial charge < -0.3 is 10.3 Å². The van der Waals surface area contributed by atoms with Crippen LogP contribution >= 0.6 is 0 Å². The topological polar surface area (TPSA) is 69.6 Å². The lowest BCUT2D eigenvalue weighted by molar-refractivity contribution is 0.608. The zero-order valence-electron chi connectivity index (χ0n) is 12.1. The van der Waals surface area contributed by atoms with Crippen molar-refractivity contribution in [1.82, 2.24) is 19.7 Å². The molecule has 2 aromatic heterocycles. The fourth-order valence-electron chi connectivity index (χ4n) is 2.59. The summed E-state index contributed by atoms with van der Waals surface area (Å²) in [6, 6.07) is 10.0. The number of hydrogen-bond acceptors (Lipinski definition) is 4. The average Bonchev–Trinajstić information content (AvgIpc) is 2.86. The van der Waals surface area contributed by atoms with Gasteiger partial charge >= 0.3 is 0 Å². The molecule has 0 fully saturated rings. The molecule has 3 rings (SSSR count). The highest BCUT2D eigenvalue weighted by Crippen LogP contribution is 2.20. The first-order valence-corrected chi connectivity index (χ1v) is 7.26. The molecule has 0 aliphatic carbocycles. The SMILES string of the molecule is CCCn1c(CC(N)c2ccnnc2)nc2ccccc21. The normalized spacial score (nSPS) is 12.7. The smallest absolute Gasteiger partial charge is 0.111 e. The molecule has 5 nitrogen and oxygen atoms in total. The molecule has 5 heteroatoms. The van der Waals surface area contributed by atoms with Gasteiger partial charge in [0.05, 0.1) is 17.2 Å². The Bertz CT molecular complexity index is 720. The molecule has 2 N–H and O–H groups in total. The first kappa shape index (κ1) is 13.7. The van der Waals surface area contributed by atoms with Crippen LogP contribution in [0, 0.1) is 0 Å². The van der Waals surface area contributed by atoms with Crippen molar-refractivity contribution in [1.29, 1.82) is 0 Å². The minimum atomic E-state index is -0.118. The molecule has 0 radical (unpaired) electrons. The van der Waals surface area contributed by atoms with Crippen molar-refractivity contribution in [3.05, 3.63) is 54.1 Å². The van der Waals surface area contributed by atoms with Crippen LogP contribution in [0.4, 0.5) is 0 Å². The lowest BCUT2D eigenvalue weighted by Crippen LogP contribution is -2.17. The van der Waals surface area contributed by atoms with Crippen LogP contribution in [0.5, 0.6) is 0 Å². The van der Waals surface area contributed by atoms with E-state index in [-0.39, 0.29) is 6.04 Å². The number of nitrogens with zero attached hydrogens (tertiary/aromatic N) is 4. The van der Waals surface area contributed by atoms with Gasteiger partial charge in [-0.3, -0.25) is 0 Å². The predicted molar refractivity (Wildman–Crippen MR) is 82.7 cm³/mol. The van der Waals surface area contributed by atoms with Crippen LogP contribution in [-0.4, -0.2) is 19.7 Å². The van der Waals surface area contributed by atoms with E-state index in [0.717, 1.165) is 29.9 Å². The van der Waals surface area contributed by atoms with Gasteiger partial charge in [0.25, 0.3) is 0 Å². The van der Waals surface area contributed by atoms with Crippen molar-refractivity contribution in [2.45, 2.75) is 32.4 Å². The average molecular weight is 281 g/mol. The number of para-hydroxylation sites is 2. The Morgan fingerprint density at radius 1 is 1.19 bits per heavy atom. The number of aromatic nitrogens is 4. The third kappa shape index (κ3) is 2.78. The van der Waals surface area contributed by atoms with Crippen molar-refractivity contribution < 1.29 is 0 Å². The van der Waals surface area contributed by atoms with E-state index in [4.69, 9.17) is 10.7 Å². The fraction of sp³-hybridized carbons (Fsp3) is 0.312. The minimum absolute atomic E-state index is 0.118. The second kappa shape index (κ2) is 6.01.